The molecule has 3 rings (SSSR count). The SMILES string of the molecule is c1ccc2nc3c(cc2c1)CNCCC3. The van der Waals surface area contributed by atoms with Crippen LogP contribution in [-0.2, 0) is 13.0 Å². The number of nitrogens with one attached hydrogen (secondary N) is 1. The average Bonchev–Trinajstić information content (AvgIpc) is 2.50. The van der Waals surface area contributed by atoms with Crippen molar-refractivity contribution in [1.29, 1.82) is 0 Å². The van der Waals surface area contributed by atoms with Gasteiger partial charge in [-0.05, 0) is 37.1 Å². The first-order valence-corrected chi connectivity index (χ1v) is 5.52. The molecule has 2 nitrogen and oxygen atoms in total. The normalized spacial score (nSPS) is 16.0. The van der Waals surface area contributed by atoms with Crippen molar-refractivity contribution in [2.75, 3.05) is 6.54 Å². The van der Waals surface area contributed by atoms with Gasteiger partial charge >= 0.3 is 0 Å². The maximum absolute atomic E-state index is 4.74. The van der Waals surface area contributed by atoms with Crippen LogP contribution in [0.1, 0.15) is 17.7 Å². The molecule has 0 unspecified atom stereocenters. The van der Waals surface area contributed by atoms with Crippen molar-refractivity contribution in [1.82, 2.24) is 10.3 Å². The number of fused-ring (bicyclic) bond motifs is 2. The van der Waals surface area contributed by atoms with Crippen LogP contribution >= 0.6 is 0 Å². The van der Waals surface area contributed by atoms with E-state index >= 15 is 0 Å². The number of benzene rings is 1. The Hall–Kier alpha value is -1.41. The van der Waals surface area contributed by atoms with E-state index in [1.807, 2.05) is 0 Å². The lowest BCUT2D eigenvalue weighted by Crippen LogP contribution is -2.12. The van der Waals surface area contributed by atoms with E-state index in [0.717, 1.165) is 25.0 Å². The smallest absolute Gasteiger partial charge is 0.0705 e. The van der Waals surface area contributed by atoms with Crippen molar-refractivity contribution < 1.29 is 0 Å². The van der Waals surface area contributed by atoms with Crippen LogP contribution in [0.2, 0.25) is 0 Å². The summed E-state index contributed by atoms with van der Waals surface area (Å²) in [5.41, 5.74) is 3.77. The van der Waals surface area contributed by atoms with Gasteiger partial charge < -0.3 is 5.32 Å². The molecule has 15 heavy (non-hydrogen) atoms. The van der Waals surface area contributed by atoms with Crippen molar-refractivity contribution in [3.05, 3.63) is 41.6 Å². The molecule has 0 saturated carbocycles. The van der Waals surface area contributed by atoms with E-state index in [0.29, 0.717) is 0 Å². The predicted molar refractivity (Wildman–Crippen MR) is 61.8 cm³/mol. The zero-order chi connectivity index (χ0) is 10.1. The zero-order valence-electron chi connectivity index (χ0n) is 8.66. The molecule has 0 bridgehead atoms. The molecule has 0 spiro atoms. The van der Waals surface area contributed by atoms with Gasteiger partial charge in [0.05, 0.1) is 5.52 Å². The van der Waals surface area contributed by atoms with Crippen molar-refractivity contribution in [3.8, 4) is 0 Å². The van der Waals surface area contributed by atoms with Crippen LogP contribution in [0.25, 0.3) is 10.9 Å². The topological polar surface area (TPSA) is 24.9 Å². The summed E-state index contributed by atoms with van der Waals surface area (Å²) >= 11 is 0. The second-order valence-electron chi connectivity index (χ2n) is 4.07. The van der Waals surface area contributed by atoms with Crippen molar-refractivity contribution in [3.63, 3.8) is 0 Å². The second kappa shape index (κ2) is 3.63. The zero-order valence-corrected chi connectivity index (χ0v) is 8.66. The van der Waals surface area contributed by atoms with E-state index in [9.17, 15) is 0 Å². The Morgan fingerprint density at radius 2 is 2.13 bits per heavy atom. The third-order valence-corrected chi connectivity index (χ3v) is 2.98. The van der Waals surface area contributed by atoms with Crippen LogP contribution in [0.4, 0.5) is 0 Å². The molecule has 1 aliphatic heterocycles. The molecule has 1 N–H and O–H groups in total. The van der Waals surface area contributed by atoms with E-state index in [2.05, 4.69) is 35.6 Å². The van der Waals surface area contributed by atoms with Crippen LogP contribution in [-0.4, -0.2) is 11.5 Å². The highest BCUT2D eigenvalue weighted by atomic mass is 14.9. The summed E-state index contributed by atoms with van der Waals surface area (Å²) < 4.78 is 0. The maximum Gasteiger partial charge on any atom is 0.0705 e. The van der Waals surface area contributed by atoms with Crippen LogP contribution in [0.15, 0.2) is 30.3 Å². The molecule has 0 radical (unpaired) electrons. The van der Waals surface area contributed by atoms with Gasteiger partial charge in [-0.2, -0.15) is 0 Å². The molecule has 2 aromatic rings. The second-order valence-corrected chi connectivity index (χ2v) is 4.07. The highest BCUT2D eigenvalue weighted by molar-refractivity contribution is 5.79. The summed E-state index contributed by atoms with van der Waals surface area (Å²) in [6.07, 6.45) is 2.30. The summed E-state index contributed by atoms with van der Waals surface area (Å²) in [4.78, 5) is 4.74. The molecule has 2 heterocycles. The molecule has 0 fully saturated rings. The fourth-order valence-corrected chi connectivity index (χ4v) is 2.17. The Kier molecular flexibility index (Phi) is 2.14. The van der Waals surface area contributed by atoms with E-state index in [1.165, 1.54) is 23.1 Å². The van der Waals surface area contributed by atoms with E-state index in [-0.39, 0.29) is 0 Å². The molecule has 2 heteroatoms. The van der Waals surface area contributed by atoms with E-state index in [4.69, 9.17) is 4.98 Å². The fourth-order valence-electron chi connectivity index (χ4n) is 2.17. The van der Waals surface area contributed by atoms with Gasteiger partial charge in [-0.25, -0.2) is 0 Å². The lowest BCUT2D eigenvalue weighted by atomic mass is 10.1. The van der Waals surface area contributed by atoms with Gasteiger partial charge in [-0.1, -0.05) is 18.2 Å². The Morgan fingerprint density at radius 1 is 1.20 bits per heavy atom. The van der Waals surface area contributed by atoms with Crippen LogP contribution in [0.5, 0.6) is 0 Å². The maximum atomic E-state index is 4.74. The van der Waals surface area contributed by atoms with Gasteiger partial charge in [0.15, 0.2) is 0 Å². The minimum Gasteiger partial charge on any atom is -0.313 e. The number of aromatic nitrogens is 1. The lowest BCUT2D eigenvalue weighted by molar-refractivity contribution is 0.680. The number of aryl methyl sites for hydroxylation is 1. The van der Waals surface area contributed by atoms with Crippen molar-refractivity contribution in [2.45, 2.75) is 19.4 Å². The Labute approximate surface area is 89.3 Å². The molecule has 76 valence electrons. The van der Waals surface area contributed by atoms with E-state index in [1.54, 1.807) is 0 Å². The summed E-state index contributed by atoms with van der Waals surface area (Å²) in [6, 6.07) is 10.6. The number of para-hydroxylation sites is 1. The summed E-state index contributed by atoms with van der Waals surface area (Å²) in [6.45, 7) is 2.07. The van der Waals surface area contributed by atoms with Crippen molar-refractivity contribution in [2.24, 2.45) is 0 Å². The summed E-state index contributed by atoms with van der Waals surface area (Å²) in [5, 5.41) is 4.68. The fraction of sp³-hybridized carbons (Fsp3) is 0.308. The molecule has 0 aliphatic carbocycles. The summed E-state index contributed by atoms with van der Waals surface area (Å²) in [7, 11) is 0. The van der Waals surface area contributed by atoms with Crippen LogP contribution in [0, 0.1) is 0 Å². The Morgan fingerprint density at radius 3 is 3.13 bits per heavy atom. The number of hydrogen-bond donors (Lipinski definition) is 1. The lowest BCUT2D eigenvalue weighted by Gasteiger charge is -2.06. The molecule has 0 amide bonds. The molecule has 1 aromatic heterocycles. The minimum atomic E-state index is 0.965. The monoisotopic (exact) mass is 198 g/mol. The van der Waals surface area contributed by atoms with E-state index < -0.39 is 0 Å². The molecule has 1 aromatic carbocycles. The highest BCUT2D eigenvalue weighted by Gasteiger charge is 2.09. The highest BCUT2D eigenvalue weighted by Crippen LogP contribution is 2.19. The molecule has 0 saturated heterocycles. The van der Waals surface area contributed by atoms with Crippen LogP contribution < -0.4 is 5.32 Å². The molecule has 1 aliphatic rings. The quantitative estimate of drug-likeness (QED) is 0.702. The van der Waals surface area contributed by atoms with Crippen molar-refractivity contribution >= 4 is 10.9 Å². The third-order valence-electron chi connectivity index (χ3n) is 2.98. The number of nitrogens with zero attached hydrogens (tertiary/aromatic N) is 1. The first kappa shape index (κ1) is 8.86. The number of hydrogen-bond acceptors (Lipinski definition) is 2. The van der Waals surface area contributed by atoms with Gasteiger partial charge in [0.2, 0.25) is 0 Å². The third kappa shape index (κ3) is 1.61. The molecule has 0 atom stereocenters. The number of pyridine rings is 1. The van der Waals surface area contributed by atoms with Gasteiger partial charge in [0.25, 0.3) is 0 Å². The first-order chi connectivity index (χ1) is 7.43. The predicted octanol–water partition coefficient (Wildman–Crippen LogP) is 2.27. The average molecular weight is 198 g/mol. The number of rotatable bonds is 0. The van der Waals surface area contributed by atoms with Gasteiger partial charge in [-0.3, -0.25) is 4.98 Å². The first-order valence-electron chi connectivity index (χ1n) is 5.52. The Balaban J connectivity index is 2.20. The van der Waals surface area contributed by atoms with Crippen LogP contribution in [0.3, 0.4) is 0 Å². The molecular formula is C13H14N2. The standard InChI is InChI=1S/C13H14N2/c1-2-5-12-10(4-1)8-11-9-14-7-3-6-13(11)15-12/h1-2,4-5,8,14H,3,6-7,9H2. The Bertz CT molecular complexity index is 446. The van der Waals surface area contributed by atoms with Gasteiger partial charge in [0.1, 0.15) is 0 Å². The van der Waals surface area contributed by atoms with Gasteiger partial charge in [-0.15, -0.1) is 0 Å². The molecular weight excluding hydrogens is 184 g/mol. The largest absolute Gasteiger partial charge is 0.313 e. The van der Waals surface area contributed by atoms with Gasteiger partial charge in [0, 0.05) is 17.6 Å². The summed E-state index contributed by atoms with van der Waals surface area (Å²) in [5.74, 6) is 0. The minimum absolute atomic E-state index is 0.965.